The molecule has 0 amide bonds. The summed E-state index contributed by atoms with van der Waals surface area (Å²) >= 11 is 0. The molecule has 0 saturated carbocycles. The lowest BCUT2D eigenvalue weighted by atomic mass is 10.1. The maximum atomic E-state index is 13.2. The zero-order valence-corrected chi connectivity index (χ0v) is 12.5. The Hall–Kier alpha value is -3.05. The number of benzene rings is 3. The van der Waals surface area contributed by atoms with Gasteiger partial charge in [-0.2, -0.15) is 0 Å². The Morgan fingerprint density at radius 3 is 2.00 bits per heavy atom. The highest BCUT2D eigenvalue weighted by molar-refractivity contribution is 5.49. The molecule has 1 atom stereocenters. The molecule has 3 aromatic carbocycles. The summed E-state index contributed by atoms with van der Waals surface area (Å²) in [6, 6.07) is 25.9. The molecular formula is C21H16FN. The molecule has 0 aromatic heterocycles. The largest absolute Gasteiger partial charge is 0.368 e. The molecule has 1 nitrogen and oxygen atoms in total. The van der Waals surface area contributed by atoms with E-state index in [9.17, 15) is 4.39 Å². The van der Waals surface area contributed by atoms with Crippen LogP contribution in [0.3, 0.4) is 0 Å². The lowest BCUT2D eigenvalue weighted by Crippen LogP contribution is -2.08. The highest BCUT2D eigenvalue weighted by Gasteiger charge is 2.08. The first-order valence-corrected chi connectivity index (χ1v) is 7.45. The maximum absolute atomic E-state index is 13.2. The van der Waals surface area contributed by atoms with Crippen molar-refractivity contribution in [3.8, 4) is 11.8 Å². The van der Waals surface area contributed by atoms with Crippen LogP contribution in [0, 0.1) is 17.7 Å². The molecular weight excluding hydrogens is 285 g/mol. The van der Waals surface area contributed by atoms with E-state index < -0.39 is 0 Å². The van der Waals surface area contributed by atoms with Gasteiger partial charge in [0.05, 0.1) is 0 Å². The fourth-order valence-corrected chi connectivity index (χ4v) is 2.24. The normalized spacial score (nSPS) is 11.2. The lowest BCUT2D eigenvalue weighted by Gasteiger charge is -2.15. The molecule has 1 unspecified atom stereocenters. The van der Waals surface area contributed by atoms with E-state index in [4.69, 9.17) is 0 Å². The van der Waals surface area contributed by atoms with Gasteiger partial charge in [0.2, 0.25) is 0 Å². The third-order valence-corrected chi connectivity index (χ3v) is 3.42. The number of hydrogen-bond acceptors (Lipinski definition) is 1. The van der Waals surface area contributed by atoms with Crippen LogP contribution < -0.4 is 5.32 Å². The number of anilines is 1. The molecule has 0 fully saturated rings. The second kappa shape index (κ2) is 7.29. The van der Waals surface area contributed by atoms with Crippen molar-refractivity contribution in [2.45, 2.75) is 6.04 Å². The van der Waals surface area contributed by atoms with Gasteiger partial charge >= 0.3 is 0 Å². The van der Waals surface area contributed by atoms with Gasteiger partial charge in [0.1, 0.15) is 11.9 Å². The van der Waals surface area contributed by atoms with Gasteiger partial charge in [0, 0.05) is 11.3 Å². The first-order valence-electron chi connectivity index (χ1n) is 7.45. The van der Waals surface area contributed by atoms with Crippen molar-refractivity contribution in [1.82, 2.24) is 0 Å². The first-order chi connectivity index (χ1) is 11.3. The SMILES string of the molecule is Fc1ccc(C(C#Cc2ccccc2)Nc2ccccc2)cc1. The zero-order chi connectivity index (χ0) is 15.9. The van der Waals surface area contributed by atoms with E-state index >= 15 is 0 Å². The molecule has 112 valence electrons. The van der Waals surface area contributed by atoms with Crippen LogP contribution in [0.5, 0.6) is 0 Å². The maximum Gasteiger partial charge on any atom is 0.123 e. The summed E-state index contributed by atoms with van der Waals surface area (Å²) < 4.78 is 13.2. The van der Waals surface area contributed by atoms with Crippen molar-refractivity contribution in [3.05, 3.63) is 102 Å². The molecule has 0 spiro atoms. The predicted octanol–water partition coefficient (Wildman–Crippen LogP) is 5.03. The van der Waals surface area contributed by atoms with Crippen molar-refractivity contribution in [1.29, 1.82) is 0 Å². The standard InChI is InChI=1S/C21H16FN/c22-19-14-12-18(13-15-19)21(23-20-9-5-2-6-10-20)16-11-17-7-3-1-4-8-17/h1-10,12-15,21,23H. The molecule has 0 aliphatic carbocycles. The van der Waals surface area contributed by atoms with Gasteiger partial charge in [0.25, 0.3) is 0 Å². The fourth-order valence-electron chi connectivity index (χ4n) is 2.24. The predicted molar refractivity (Wildman–Crippen MR) is 92.5 cm³/mol. The van der Waals surface area contributed by atoms with Crippen LogP contribution in [0.4, 0.5) is 10.1 Å². The van der Waals surface area contributed by atoms with Crippen LogP contribution in [-0.2, 0) is 0 Å². The number of para-hydroxylation sites is 1. The molecule has 0 aliphatic heterocycles. The Morgan fingerprint density at radius 2 is 1.35 bits per heavy atom. The minimum Gasteiger partial charge on any atom is -0.368 e. The third kappa shape index (κ3) is 4.21. The van der Waals surface area contributed by atoms with E-state index in [1.807, 2.05) is 60.7 Å². The van der Waals surface area contributed by atoms with Crippen molar-refractivity contribution in [3.63, 3.8) is 0 Å². The van der Waals surface area contributed by atoms with Crippen molar-refractivity contribution in [2.24, 2.45) is 0 Å². The highest BCUT2D eigenvalue weighted by atomic mass is 19.1. The molecule has 0 heterocycles. The van der Waals surface area contributed by atoms with E-state index in [1.54, 1.807) is 12.1 Å². The zero-order valence-electron chi connectivity index (χ0n) is 12.5. The van der Waals surface area contributed by atoms with Gasteiger partial charge in [0.15, 0.2) is 0 Å². The first kappa shape index (κ1) is 14.9. The Morgan fingerprint density at radius 1 is 0.739 bits per heavy atom. The molecule has 3 aromatic rings. The molecule has 23 heavy (non-hydrogen) atoms. The van der Waals surface area contributed by atoms with Gasteiger partial charge < -0.3 is 5.32 Å². The summed E-state index contributed by atoms with van der Waals surface area (Å²) in [5.41, 5.74) is 2.86. The Labute approximate surface area is 135 Å². The Bertz CT molecular complexity index is 799. The number of rotatable bonds is 3. The van der Waals surface area contributed by atoms with Gasteiger partial charge in [-0.1, -0.05) is 60.4 Å². The van der Waals surface area contributed by atoms with Gasteiger partial charge in [-0.05, 0) is 42.0 Å². The molecule has 3 rings (SSSR count). The molecule has 0 aliphatic rings. The summed E-state index contributed by atoms with van der Waals surface area (Å²) in [7, 11) is 0. The minimum atomic E-state index is -0.247. The van der Waals surface area contributed by atoms with E-state index in [2.05, 4.69) is 17.2 Å². The Balaban J connectivity index is 1.90. The van der Waals surface area contributed by atoms with Crippen LogP contribution in [0.25, 0.3) is 0 Å². The van der Waals surface area contributed by atoms with Crippen LogP contribution in [0.15, 0.2) is 84.9 Å². The lowest BCUT2D eigenvalue weighted by molar-refractivity contribution is 0.627. The topological polar surface area (TPSA) is 12.0 Å². The van der Waals surface area contributed by atoms with Gasteiger partial charge in [-0.15, -0.1) is 0 Å². The van der Waals surface area contributed by atoms with Gasteiger partial charge in [-0.25, -0.2) is 4.39 Å². The van der Waals surface area contributed by atoms with Crippen molar-refractivity contribution in [2.75, 3.05) is 5.32 Å². The molecule has 0 bridgehead atoms. The smallest absolute Gasteiger partial charge is 0.123 e. The summed E-state index contributed by atoms with van der Waals surface area (Å²) in [4.78, 5) is 0. The Kier molecular flexibility index (Phi) is 4.71. The second-order valence-corrected chi connectivity index (χ2v) is 5.13. The molecule has 0 radical (unpaired) electrons. The quantitative estimate of drug-likeness (QED) is 0.669. The number of nitrogens with one attached hydrogen (secondary N) is 1. The average molecular weight is 301 g/mol. The van der Waals surface area contributed by atoms with E-state index in [0.717, 1.165) is 16.8 Å². The summed E-state index contributed by atoms with van der Waals surface area (Å²) in [5, 5.41) is 3.39. The summed E-state index contributed by atoms with van der Waals surface area (Å²) in [6.07, 6.45) is 0. The van der Waals surface area contributed by atoms with Crippen LogP contribution in [0.1, 0.15) is 17.2 Å². The van der Waals surface area contributed by atoms with E-state index in [-0.39, 0.29) is 11.9 Å². The molecule has 2 heteroatoms. The second-order valence-electron chi connectivity index (χ2n) is 5.13. The third-order valence-electron chi connectivity index (χ3n) is 3.42. The summed E-state index contributed by atoms with van der Waals surface area (Å²) in [6.45, 7) is 0. The summed E-state index contributed by atoms with van der Waals surface area (Å²) in [5.74, 6) is 6.16. The van der Waals surface area contributed by atoms with E-state index in [1.165, 1.54) is 12.1 Å². The number of hydrogen-bond donors (Lipinski definition) is 1. The average Bonchev–Trinajstić information content (AvgIpc) is 2.61. The van der Waals surface area contributed by atoms with Crippen LogP contribution in [-0.4, -0.2) is 0 Å². The number of halogens is 1. The van der Waals surface area contributed by atoms with Crippen molar-refractivity contribution < 1.29 is 4.39 Å². The molecule has 0 saturated heterocycles. The fraction of sp³-hybridized carbons (Fsp3) is 0.0476. The van der Waals surface area contributed by atoms with Crippen LogP contribution >= 0.6 is 0 Å². The van der Waals surface area contributed by atoms with Crippen LogP contribution in [0.2, 0.25) is 0 Å². The van der Waals surface area contributed by atoms with Gasteiger partial charge in [-0.3, -0.25) is 0 Å². The van der Waals surface area contributed by atoms with E-state index in [0.29, 0.717) is 0 Å². The molecule has 1 N–H and O–H groups in total. The monoisotopic (exact) mass is 301 g/mol. The highest BCUT2D eigenvalue weighted by Crippen LogP contribution is 2.19. The minimum absolute atomic E-state index is 0.210. The van der Waals surface area contributed by atoms with Crippen molar-refractivity contribution >= 4 is 5.69 Å².